The molecular weight excluding hydrogens is 307 g/mol. The third-order valence-corrected chi connectivity index (χ3v) is 3.76. The number of carbonyl (C=O) groups is 1. The lowest BCUT2D eigenvalue weighted by Crippen LogP contribution is -2.10. The Hall–Kier alpha value is -2.95. The minimum absolute atomic E-state index is 0.0414. The van der Waals surface area contributed by atoms with E-state index in [1.54, 1.807) is 16.7 Å². The van der Waals surface area contributed by atoms with Crippen molar-refractivity contribution in [2.24, 2.45) is 0 Å². The van der Waals surface area contributed by atoms with Crippen LogP contribution in [0.15, 0.2) is 54.7 Å². The molecule has 4 nitrogen and oxygen atoms in total. The summed E-state index contributed by atoms with van der Waals surface area (Å²) in [5.74, 6) is -0.143. The highest BCUT2D eigenvalue weighted by Gasteiger charge is 2.15. The summed E-state index contributed by atoms with van der Waals surface area (Å²) in [4.78, 5) is 16.2. The monoisotopic (exact) mass is 324 g/mol. The Morgan fingerprint density at radius 1 is 1.12 bits per heavy atom. The SMILES string of the molecule is COC(=O)Cc1nc(-c2ccc(C)cc2)cn1-c1ccc(F)cc1. The fourth-order valence-corrected chi connectivity index (χ4v) is 2.43. The third-order valence-electron chi connectivity index (χ3n) is 3.76. The van der Waals surface area contributed by atoms with Crippen molar-refractivity contribution in [2.75, 3.05) is 7.11 Å². The Morgan fingerprint density at radius 2 is 1.79 bits per heavy atom. The zero-order valence-electron chi connectivity index (χ0n) is 13.5. The molecule has 1 heterocycles. The lowest BCUT2D eigenvalue weighted by atomic mass is 10.1. The van der Waals surface area contributed by atoms with Crippen LogP contribution in [0.2, 0.25) is 0 Å². The van der Waals surface area contributed by atoms with Gasteiger partial charge in [-0.25, -0.2) is 9.37 Å². The van der Waals surface area contributed by atoms with E-state index in [0.717, 1.165) is 22.5 Å². The number of hydrogen-bond acceptors (Lipinski definition) is 3. The lowest BCUT2D eigenvalue weighted by molar-refractivity contribution is -0.139. The third kappa shape index (κ3) is 3.35. The highest BCUT2D eigenvalue weighted by molar-refractivity contribution is 5.72. The average Bonchev–Trinajstić information content (AvgIpc) is 3.00. The van der Waals surface area contributed by atoms with E-state index in [4.69, 9.17) is 4.74 Å². The minimum atomic E-state index is -0.376. The highest BCUT2D eigenvalue weighted by atomic mass is 19.1. The molecule has 3 rings (SSSR count). The van der Waals surface area contributed by atoms with Gasteiger partial charge in [-0.05, 0) is 31.2 Å². The summed E-state index contributed by atoms with van der Waals surface area (Å²) in [5, 5.41) is 0. The maximum absolute atomic E-state index is 13.2. The van der Waals surface area contributed by atoms with E-state index >= 15 is 0 Å². The number of carbonyl (C=O) groups excluding carboxylic acids is 1. The van der Waals surface area contributed by atoms with Crippen molar-refractivity contribution >= 4 is 5.97 Å². The van der Waals surface area contributed by atoms with Crippen molar-refractivity contribution in [1.82, 2.24) is 9.55 Å². The number of hydrogen-bond donors (Lipinski definition) is 0. The van der Waals surface area contributed by atoms with Gasteiger partial charge in [0.05, 0.1) is 12.8 Å². The smallest absolute Gasteiger partial charge is 0.313 e. The predicted molar refractivity (Wildman–Crippen MR) is 89.4 cm³/mol. The molecule has 1 aromatic heterocycles. The van der Waals surface area contributed by atoms with Gasteiger partial charge in [-0.1, -0.05) is 29.8 Å². The number of esters is 1. The minimum Gasteiger partial charge on any atom is -0.469 e. The molecule has 0 atom stereocenters. The first-order valence-electron chi connectivity index (χ1n) is 7.55. The van der Waals surface area contributed by atoms with Crippen molar-refractivity contribution in [3.63, 3.8) is 0 Å². The number of imidazole rings is 1. The van der Waals surface area contributed by atoms with Crippen molar-refractivity contribution in [3.05, 3.63) is 71.9 Å². The van der Waals surface area contributed by atoms with Crippen LogP contribution in [-0.4, -0.2) is 22.6 Å². The van der Waals surface area contributed by atoms with Crippen LogP contribution >= 0.6 is 0 Å². The molecule has 0 N–H and O–H groups in total. The molecule has 122 valence electrons. The number of halogens is 1. The van der Waals surface area contributed by atoms with Crippen LogP contribution in [0.1, 0.15) is 11.4 Å². The quantitative estimate of drug-likeness (QED) is 0.687. The first-order chi connectivity index (χ1) is 11.6. The standard InChI is InChI=1S/C19H17FN2O2/c1-13-3-5-14(6-4-13)17-12-22(16-9-7-15(20)8-10-16)18(21-17)11-19(23)24-2/h3-10,12H,11H2,1-2H3. The van der Waals surface area contributed by atoms with E-state index in [9.17, 15) is 9.18 Å². The largest absolute Gasteiger partial charge is 0.469 e. The Bertz CT molecular complexity index is 852. The summed E-state index contributed by atoms with van der Waals surface area (Å²) in [6.07, 6.45) is 1.88. The van der Waals surface area contributed by atoms with Gasteiger partial charge in [-0.3, -0.25) is 4.79 Å². The zero-order chi connectivity index (χ0) is 17.1. The number of aromatic nitrogens is 2. The topological polar surface area (TPSA) is 44.1 Å². The van der Waals surface area contributed by atoms with Gasteiger partial charge in [0, 0.05) is 17.4 Å². The van der Waals surface area contributed by atoms with E-state index in [2.05, 4.69) is 4.98 Å². The van der Waals surface area contributed by atoms with Crippen molar-refractivity contribution < 1.29 is 13.9 Å². The summed E-state index contributed by atoms with van der Waals surface area (Å²) in [5.41, 5.74) is 3.60. The molecular formula is C19H17FN2O2. The number of nitrogens with zero attached hydrogens (tertiary/aromatic N) is 2. The summed E-state index contributed by atoms with van der Waals surface area (Å²) < 4.78 is 19.7. The average molecular weight is 324 g/mol. The Kier molecular flexibility index (Phi) is 4.42. The van der Waals surface area contributed by atoms with Gasteiger partial charge in [0.1, 0.15) is 18.1 Å². The molecule has 0 radical (unpaired) electrons. The van der Waals surface area contributed by atoms with E-state index in [-0.39, 0.29) is 18.2 Å². The molecule has 0 amide bonds. The zero-order valence-corrected chi connectivity index (χ0v) is 13.5. The second kappa shape index (κ2) is 6.66. The molecule has 0 saturated heterocycles. The van der Waals surface area contributed by atoms with Crippen LogP contribution in [0.25, 0.3) is 16.9 Å². The van der Waals surface area contributed by atoms with Crippen LogP contribution < -0.4 is 0 Å². The molecule has 0 bridgehead atoms. The normalized spacial score (nSPS) is 10.6. The van der Waals surface area contributed by atoms with Gasteiger partial charge in [0.15, 0.2) is 0 Å². The van der Waals surface area contributed by atoms with E-state index < -0.39 is 0 Å². The van der Waals surface area contributed by atoms with Crippen LogP contribution in [-0.2, 0) is 16.0 Å². The molecule has 0 aliphatic carbocycles. The molecule has 3 aromatic rings. The summed E-state index contributed by atoms with van der Waals surface area (Å²) >= 11 is 0. The summed E-state index contributed by atoms with van der Waals surface area (Å²) in [6, 6.07) is 14.0. The van der Waals surface area contributed by atoms with Gasteiger partial charge in [-0.2, -0.15) is 0 Å². The van der Waals surface area contributed by atoms with Crippen molar-refractivity contribution in [3.8, 4) is 16.9 Å². The maximum Gasteiger partial charge on any atom is 0.313 e. The van der Waals surface area contributed by atoms with E-state index in [0.29, 0.717) is 5.82 Å². The molecule has 0 unspecified atom stereocenters. The van der Waals surface area contributed by atoms with Gasteiger partial charge in [0.25, 0.3) is 0 Å². The van der Waals surface area contributed by atoms with Gasteiger partial charge in [-0.15, -0.1) is 0 Å². The van der Waals surface area contributed by atoms with Gasteiger partial charge < -0.3 is 9.30 Å². The summed E-state index contributed by atoms with van der Waals surface area (Å²) in [6.45, 7) is 2.02. The predicted octanol–water partition coefficient (Wildman–Crippen LogP) is 3.70. The molecule has 0 saturated carbocycles. The van der Waals surface area contributed by atoms with Crippen molar-refractivity contribution in [1.29, 1.82) is 0 Å². The highest BCUT2D eigenvalue weighted by Crippen LogP contribution is 2.23. The van der Waals surface area contributed by atoms with E-state index in [1.165, 1.54) is 19.2 Å². The fraction of sp³-hybridized carbons (Fsp3) is 0.158. The Balaban J connectivity index is 2.06. The molecule has 24 heavy (non-hydrogen) atoms. The summed E-state index contributed by atoms with van der Waals surface area (Å²) in [7, 11) is 1.34. The van der Waals surface area contributed by atoms with Crippen LogP contribution in [0, 0.1) is 12.7 Å². The number of aryl methyl sites for hydroxylation is 1. The maximum atomic E-state index is 13.2. The first kappa shape index (κ1) is 15.9. The molecule has 0 aliphatic rings. The van der Waals surface area contributed by atoms with Crippen LogP contribution in [0.3, 0.4) is 0 Å². The second-order valence-electron chi connectivity index (χ2n) is 5.51. The van der Waals surface area contributed by atoms with Crippen LogP contribution in [0.5, 0.6) is 0 Å². The number of ether oxygens (including phenoxy) is 1. The van der Waals surface area contributed by atoms with E-state index in [1.807, 2.05) is 37.4 Å². The first-order valence-corrected chi connectivity index (χ1v) is 7.55. The fourth-order valence-electron chi connectivity index (χ4n) is 2.43. The molecule has 5 heteroatoms. The second-order valence-corrected chi connectivity index (χ2v) is 5.51. The molecule has 0 spiro atoms. The van der Waals surface area contributed by atoms with Gasteiger partial charge >= 0.3 is 5.97 Å². The molecule has 0 aliphatic heterocycles. The van der Waals surface area contributed by atoms with Crippen molar-refractivity contribution in [2.45, 2.75) is 13.3 Å². The Morgan fingerprint density at radius 3 is 2.42 bits per heavy atom. The molecule has 0 fully saturated rings. The Labute approximate surface area is 139 Å². The number of rotatable bonds is 4. The lowest BCUT2D eigenvalue weighted by Gasteiger charge is -2.06. The van der Waals surface area contributed by atoms with Gasteiger partial charge in [0.2, 0.25) is 0 Å². The van der Waals surface area contributed by atoms with Crippen LogP contribution in [0.4, 0.5) is 4.39 Å². The molecule has 2 aromatic carbocycles. The number of benzene rings is 2. The number of methoxy groups -OCH3 is 1.